The van der Waals surface area contributed by atoms with Crippen LogP contribution in [0.4, 0.5) is 0 Å². The second-order valence-electron chi connectivity index (χ2n) is 2.76. The molecular weight excluding hydrogens is 202 g/mol. The zero-order valence-corrected chi connectivity index (χ0v) is 9.32. The minimum atomic E-state index is -0.310. The number of nitrogens with two attached hydrogens (primary N) is 1. The Labute approximate surface area is 88.3 Å². The molecule has 0 radical (unpaired) electrons. The van der Waals surface area contributed by atoms with E-state index >= 15 is 0 Å². The van der Waals surface area contributed by atoms with Gasteiger partial charge in [-0.2, -0.15) is 0 Å². The van der Waals surface area contributed by atoms with Gasteiger partial charge >= 0.3 is 0 Å². The Morgan fingerprint density at radius 3 is 2.86 bits per heavy atom. The summed E-state index contributed by atoms with van der Waals surface area (Å²) in [5.74, 6) is -0.0960. The number of carbonyl (C=O) groups excluding carboxylic acids is 1. The van der Waals surface area contributed by atoms with E-state index in [0.29, 0.717) is 13.2 Å². The van der Waals surface area contributed by atoms with Crippen molar-refractivity contribution in [3.05, 3.63) is 0 Å². The SMILES string of the molecule is COCCCNC(=O)C(C)SC(=N)N. The van der Waals surface area contributed by atoms with E-state index in [9.17, 15) is 4.79 Å². The third-order valence-electron chi connectivity index (χ3n) is 1.50. The lowest BCUT2D eigenvalue weighted by Crippen LogP contribution is -2.33. The molecule has 4 N–H and O–H groups in total. The second-order valence-corrected chi connectivity index (χ2v) is 4.14. The molecule has 1 unspecified atom stereocenters. The largest absolute Gasteiger partial charge is 0.385 e. The van der Waals surface area contributed by atoms with Gasteiger partial charge in [-0.05, 0) is 13.3 Å². The van der Waals surface area contributed by atoms with Gasteiger partial charge in [-0.1, -0.05) is 11.8 Å². The number of carbonyl (C=O) groups is 1. The summed E-state index contributed by atoms with van der Waals surface area (Å²) in [6.07, 6.45) is 0.791. The van der Waals surface area contributed by atoms with Gasteiger partial charge in [-0.25, -0.2) is 0 Å². The number of methoxy groups -OCH3 is 1. The van der Waals surface area contributed by atoms with Crippen LogP contribution in [0.15, 0.2) is 0 Å². The highest BCUT2D eigenvalue weighted by atomic mass is 32.2. The smallest absolute Gasteiger partial charge is 0.233 e. The highest BCUT2D eigenvalue weighted by Crippen LogP contribution is 2.08. The minimum Gasteiger partial charge on any atom is -0.385 e. The Kier molecular flexibility index (Phi) is 7.23. The molecule has 0 aliphatic heterocycles. The number of amides is 1. The lowest BCUT2D eigenvalue weighted by atomic mass is 10.4. The molecule has 1 atom stereocenters. The van der Waals surface area contributed by atoms with Gasteiger partial charge in [-0.15, -0.1) is 0 Å². The number of amidine groups is 1. The van der Waals surface area contributed by atoms with Crippen LogP contribution >= 0.6 is 11.8 Å². The number of rotatable bonds is 6. The van der Waals surface area contributed by atoms with E-state index in [1.165, 1.54) is 0 Å². The maximum absolute atomic E-state index is 11.3. The molecule has 0 fully saturated rings. The third kappa shape index (κ3) is 6.73. The lowest BCUT2D eigenvalue weighted by molar-refractivity contribution is -0.120. The van der Waals surface area contributed by atoms with Gasteiger partial charge in [0.2, 0.25) is 5.91 Å². The molecule has 5 nitrogen and oxygen atoms in total. The summed E-state index contributed by atoms with van der Waals surface area (Å²) in [6.45, 7) is 2.95. The molecule has 1 amide bonds. The first kappa shape index (κ1) is 13.2. The van der Waals surface area contributed by atoms with Crippen LogP contribution in [-0.2, 0) is 9.53 Å². The van der Waals surface area contributed by atoms with Crippen molar-refractivity contribution in [1.82, 2.24) is 5.32 Å². The monoisotopic (exact) mass is 219 g/mol. The first-order valence-electron chi connectivity index (χ1n) is 4.35. The minimum absolute atomic E-state index is 0.0375. The normalized spacial score (nSPS) is 12.1. The van der Waals surface area contributed by atoms with Crippen molar-refractivity contribution in [2.45, 2.75) is 18.6 Å². The summed E-state index contributed by atoms with van der Waals surface area (Å²) in [5, 5.41) is 9.38. The van der Waals surface area contributed by atoms with Crippen molar-refractivity contribution in [1.29, 1.82) is 5.41 Å². The fourth-order valence-electron chi connectivity index (χ4n) is 0.816. The molecule has 0 heterocycles. The number of ether oxygens (including phenoxy) is 1. The second kappa shape index (κ2) is 7.64. The van der Waals surface area contributed by atoms with Crippen molar-refractivity contribution in [3.8, 4) is 0 Å². The zero-order valence-electron chi connectivity index (χ0n) is 8.50. The van der Waals surface area contributed by atoms with Crippen LogP contribution in [0.5, 0.6) is 0 Å². The Hall–Kier alpha value is -0.750. The molecule has 0 aromatic heterocycles. The molecule has 0 bridgehead atoms. The molecule has 0 saturated heterocycles. The molecule has 0 aromatic rings. The molecule has 0 aromatic carbocycles. The van der Waals surface area contributed by atoms with Gasteiger partial charge < -0.3 is 15.8 Å². The molecule has 6 heteroatoms. The summed E-state index contributed by atoms with van der Waals surface area (Å²) in [7, 11) is 1.62. The molecule has 14 heavy (non-hydrogen) atoms. The van der Waals surface area contributed by atoms with Crippen LogP contribution < -0.4 is 11.1 Å². The summed E-state index contributed by atoms with van der Waals surface area (Å²) in [6, 6.07) is 0. The molecule has 82 valence electrons. The van der Waals surface area contributed by atoms with E-state index in [0.717, 1.165) is 18.2 Å². The Bertz CT molecular complexity index is 199. The average molecular weight is 219 g/mol. The van der Waals surface area contributed by atoms with E-state index in [2.05, 4.69) is 5.32 Å². The zero-order chi connectivity index (χ0) is 11.0. The lowest BCUT2D eigenvalue weighted by Gasteiger charge is -2.10. The Morgan fingerprint density at radius 1 is 1.71 bits per heavy atom. The van der Waals surface area contributed by atoms with Crippen LogP contribution in [0, 0.1) is 5.41 Å². The van der Waals surface area contributed by atoms with Crippen molar-refractivity contribution < 1.29 is 9.53 Å². The molecule has 0 aliphatic carbocycles. The predicted octanol–water partition coefficient (Wildman–Crippen LogP) is 0.154. The molecule has 0 spiro atoms. The van der Waals surface area contributed by atoms with E-state index in [1.54, 1.807) is 14.0 Å². The average Bonchev–Trinajstić information content (AvgIpc) is 2.11. The van der Waals surface area contributed by atoms with E-state index < -0.39 is 0 Å². The van der Waals surface area contributed by atoms with Crippen LogP contribution in [0.2, 0.25) is 0 Å². The number of hydrogen-bond acceptors (Lipinski definition) is 4. The molecular formula is C8H17N3O2S. The molecule has 0 rings (SSSR count). The molecule has 0 aliphatic rings. The fraction of sp³-hybridized carbons (Fsp3) is 0.750. The van der Waals surface area contributed by atoms with Gasteiger partial charge in [0.15, 0.2) is 5.17 Å². The van der Waals surface area contributed by atoms with Crippen molar-refractivity contribution in [2.24, 2.45) is 5.73 Å². The third-order valence-corrected chi connectivity index (χ3v) is 2.32. The van der Waals surface area contributed by atoms with Crippen LogP contribution in [0.25, 0.3) is 0 Å². The van der Waals surface area contributed by atoms with Crippen LogP contribution in [0.3, 0.4) is 0 Å². The first-order valence-corrected chi connectivity index (χ1v) is 5.23. The number of nitrogens with one attached hydrogen (secondary N) is 2. The summed E-state index contributed by atoms with van der Waals surface area (Å²) in [5.41, 5.74) is 5.15. The highest BCUT2D eigenvalue weighted by molar-refractivity contribution is 8.14. The van der Waals surface area contributed by atoms with Gasteiger partial charge in [0.1, 0.15) is 0 Å². The van der Waals surface area contributed by atoms with Crippen molar-refractivity contribution >= 4 is 22.8 Å². The summed E-state index contributed by atoms with van der Waals surface area (Å²) < 4.78 is 4.84. The van der Waals surface area contributed by atoms with E-state index in [4.69, 9.17) is 15.9 Å². The van der Waals surface area contributed by atoms with Crippen LogP contribution in [-0.4, -0.2) is 36.6 Å². The first-order chi connectivity index (χ1) is 6.57. The van der Waals surface area contributed by atoms with Crippen molar-refractivity contribution in [2.75, 3.05) is 20.3 Å². The topological polar surface area (TPSA) is 88.2 Å². The van der Waals surface area contributed by atoms with Gasteiger partial charge in [-0.3, -0.25) is 10.2 Å². The number of thioether (sulfide) groups is 1. The quantitative estimate of drug-likeness (QED) is 0.337. The Balaban J connectivity index is 3.57. The summed E-state index contributed by atoms with van der Waals surface area (Å²) in [4.78, 5) is 11.3. The Morgan fingerprint density at radius 2 is 2.36 bits per heavy atom. The maximum Gasteiger partial charge on any atom is 0.233 e. The fourth-order valence-corrected chi connectivity index (χ4v) is 1.39. The highest BCUT2D eigenvalue weighted by Gasteiger charge is 2.13. The summed E-state index contributed by atoms with van der Waals surface area (Å²) >= 11 is 1.04. The van der Waals surface area contributed by atoms with E-state index in [-0.39, 0.29) is 16.3 Å². The molecule has 0 saturated carbocycles. The standard InChI is InChI=1S/C8H17N3O2S/c1-6(14-8(9)10)7(12)11-4-3-5-13-2/h6H,3-5H2,1-2H3,(H3,9,10)(H,11,12). The predicted molar refractivity (Wildman–Crippen MR) is 58.5 cm³/mol. The maximum atomic E-state index is 11.3. The van der Waals surface area contributed by atoms with E-state index in [1.807, 2.05) is 0 Å². The van der Waals surface area contributed by atoms with Crippen molar-refractivity contribution in [3.63, 3.8) is 0 Å². The van der Waals surface area contributed by atoms with Crippen LogP contribution in [0.1, 0.15) is 13.3 Å². The van der Waals surface area contributed by atoms with Gasteiger partial charge in [0, 0.05) is 20.3 Å². The van der Waals surface area contributed by atoms with Gasteiger partial charge in [0.05, 0.1) is 5.25 Å². The number of hydrogen-bond donors (Lipinski definition) is 3. The van der Waals surface area contributed by atoms with Gasteiger partial charge in [0.25, 0.3) is 0 Å².